The van der Waals surface area contributed by atoms with E-state index in [9.17, 15) is 4.79 Å². The molecule has 4 heteroatoms. The fraction of sp³-hybridized carbons (Fsp3) is 0.833. The van der Waals surface area contributed by atoms with Gasteiger partial charge in [-0.3, -0.25) is 9.79 Å². The highest BCUT2D eigenvalue weighted by Gasteiger charge is 2.67. The van der Waals surface area contributed by atoms with Crippen LogP contribution in [-0.2, 0) is 4.79 Å². The van der Waals surface area contributed by atoms with Gasteiger partial charge in [-0.05, 0) is 42.9 Å². The lowest BCUT2D eigenvalue weighted by atomic mass is 10.0. The molecule has 4 rings (SSSR count). The molecule has 1 aliphatic heterocycles. The Hall–Kier alpha value is -0.510. The third-order valence-corrected chi connectivity index (χ3v) is 5.74. The van der Waals surface area contributed by atoms with Gasteiger partial charge in [0.2, 0.25) is 5.91 Å². The van der Waals surface area contributed by atoms with Crippen molar-refractivity contribution in [3.8, 4) is 0 Å². The van der Waals surface area contributed by atoms with Crippen LogP contribution in [0.25, 0.3) is 0 Å². The second-order valence-electron chi connectivity index (χ2n) is 5.54. The molecular formula is C12H16N2OS. The zero-order valence-corrected chi connectivity index (χ0v) is 10.0. The highest BCUT2D eigenvalue weighted by Crippen LogP contribution is 2.69. The van der Waals surface area contributed by atoms with Crippen LogP contribution >= 0.6 is 11.8 Å². The number of aliphatic imine (C=N–C) groups is 1. The van der Waals surface area contributed by atoms with Gasteiger partial charge in [0.05, 0.1) is 6.54 Å². The van der Waals surface area contributed by atoms with Gasteiger partial charge in [-0.2, -0.15) is 0 Å². The maximum atomic E-state index is 12.1. The van der Waals surface area contributed by atoms with Gasteiger partial charge in [-0.25, -0.2) is 0 Å². The van der Waals surface area contributed by atoms with Crippen LogP contribution in [0.2, 0.25) is 0 Å². The first-order chi connectivity index (χ1) is 7.84. The molecular weight excluding hydrogens is 220 g/mol. The number of hydrogen-bond donors (Lipinski definition) is 1. The Labute approximate surface area is 99.5 Å². The number of fused-ring (bicyclic) bond motifs is 5. The fourth-order valence-electron chi connectivity index (χ4n) is 4.28. The summed E-state index contributed by atoms with van der Waals surface area (Å²) in [5.74, 6) is 4.87. The summed E-state index contributed by atoms with van der Waals surface area (Å²) in [4.78, 5) is 16.4. The molecule has 3 nitrogen and oxygen atoms in total. The number of amidine groups is 1. The van der Waals surface area contributed by atoms with E-state index >= 15 is 0 Å². The van der Waals surface area contributed by atoms with Gasteiger partial charge in [-0.1, -0.05) is 11.8 Å². The van der Waals surface area contributed by atoms with Crippen LogP contribution in [0.5, 0.6) is 0 Å². The van der Waals surface area contributed by atoms with Gasteiger partial charge in [0.15, 0.2) is 5.17 Å². The maximum Gasteiger partial charge on any atom is 0.229 e. The molecule has 0 saturated heterocycles. The normalized spacial score (nSPS) is 47.8. The molecule has 1 heterocycles. The number of thioether (sulfide) groups is 1. The Kier molecular flexibility index (Phi) is 1.93. The van der Waals surface area contributed by atoms with Gasteiger partial charge in [0.1, 0.15) is 0 Å². The van der Waals surface area contributed by atoms with E-state index in [1.165, 1.54) is 19.3 Å². The number of carbonyl (C=O) groups is 1. The molecule has 86 valence electrons. The molecule has 4 aliphatic rings. The van der Waals surface area contributed by atoms with Crippen LogP contribution in [-0.4, -0.2) is 23.4 Å². The largest absolute Gasteiger partial charge is 0.305 e. The zero-order chi connectivity index (χ0) is 10.7. The lowest BCUT2D eigenvalue weighted by Crippen LogP contribution is -2.30. The molecule has 1 amide bonds. The van der Waals surface area contributed by atoms with E-state index in [2.05, 4.69) is 10.3 Å². The SMILES string of the molecule is O=C(NC1=NCCS1)C1C2C3CCC(C3)C12. The minimum absolute atomic E-state index is 0.264. The van der Waals surface area contributed by atoms with Crippen LogP contribution in [0.4, 0.5) is 0 Å². The van der Waals surface area contributed by atoms with Crippen molar-refractivity contribution in [1.82, 2.24) is 5.32 Å². The van der Waals surface area contributed by atoms with Crippen molar-refractivity contribution in [2.45, 2.75) is 19.3 Å². The number of amides is 1. The lowest BCUT2D eigenvalue weighted by Gasteiger charge is -2.08. The quantitative estimate of drug-likeness (QED) is 0.749. The second kappa shape index (κ2) is 3.25. The van der Waals surface area contributed by atoms with Crippen molar-refractivity contribution in [3.63, 3.8) is 0 Å². The van der Waals surface area contributed by atoms with E-state index in [1.54, 1.807) is 11.8 Å². The van der Waals surface area contributed by atoms with Gasteiger partial charge in [-0.15, -0.1) is 0 Å². The summed E-state index contributed by atoms with van der Waals surface area (Å²) in [5.41, 5.74) is 0. The molecule has 3 saturated carbocycles. The van der Waals surface area contributed by atoms with E-state index in [1.807, 2.05) is 0 Å². The minimum Gasteiger partial charge on any atom is -0.305 e. The van der Waals surface area contributed by atoms with Crippen molar-refractivity contribution < 1.29 is 4.79 Å². The first-order valence-electron chi connectivity index (χ1n) is 6.33. The van der Waals surface area contributed by atoms with Gasteiger partial charge < -0.3 is 5.32 Å². The average molecular weight is 236 g/mol. The minimum atomic E-state index is 0.264. The molecule has 0 aromatic heterocycles. The van der Waals surface area contributed by atoms with Crippen molar-refractivity contribution >= 4 is 22.8 Å². The van der Waals surface area contributed by atoms with E-state index in [0.29, 0.717) is 5.92 Å². The second-order valence-corrected chi connectivity index (χ2v) is 6.62. The summed E-state index contributed by atoms with van der Waals surface area (Å²) in [6, 6.07) is 0. The van der Waals surface area contributed by atoms with Gasteiger partial charge in [0.25, 0.3) is 0 Å². The summed E-state index contributed by atoms with van der Waals surface area (Å²) in [6.45, 7) is 0.864. The molecule has 0 aromatic rings. The summed E-state index contributed by atoms with van der Waals surface area (Å²) in [7, 11) is 0. The predicted molar refractivity (Wildman–Crippen MR) is 64.2 cm³/mol. The molecule has 0 aromatic carbocycles. The monoisotopic (exact) mass is 236 g/mol. The first-order valence-corrected chi connectivity index (χ1v) is 7.31. The van der Waals surface area contributed by atoms with Crippen LogP contribution in [0.3, 0.4) is 0 Å². The van der Waals surface area contributed by atoms with E-state index in [0.717, 1.165) is 41.1 Å². The number of hydrogen-bond acceptors (Lipinski definition) is 3. The molecule has 1 N–H and O–H groups in total. The molecule has 3 aliphatic carbocycles. The Morgan fingerprint density at radius 2 is 2.06 bits per heavy atom. The number of nitrogens with zero attached hydrogens (tertiary/aromatic N) is 1. The van der Waals surface area contributed by atoms with Crippen LogP contribution in [0.15, 0.2) is 4.99 Å². The maximum absolute atomic E-state index is 12.1. The number of rotatable bonds is 1. The van der Waals surface area contributed by atoms with Gasteiger partial charge in [0, 0.05) is 11.7 Å². The Morgan fingerprint density at radius 3 is 2.69 bits per heavy atom. The molecule has 0 radical (unpaired) electrons. The number of carbonyl (C=O) groups excluding carboxylic acids is 1. The van der Waals surface area contributed by atoms with Crippen LogP contribution in [0.1, 0.15) is 19.3 Å². The third-order valence-electron chi connectivity index (χ3n) is 4.85. The molecule has 3 fully saturated rings. The number of nitrogens with one attached hydrogen (secondary N) is 1. The van der Waals surface area contributed by atoms with Crippen LogP contribution in [0, 0.1) is 29.6 Å². The standard InChI is InChI=1S/C12H16N2OS/c15-11(14-12-13-3-4-16-12)10-8-6-1-2-7(5-6)9(8)10/h6-10H,1-5H2,(H,13,14,15). The van der Waals surface area contributed by atoms with E-state index in [-0.39, 0.29) is 5.91 Å². The van der Waals surface area contributed by atoms with E-state index in [4.69, 9.17) is 0 Å². The zero-order valence-electron chi connectivity index (χ0n) is 9.19. The third kappa shape index (κ3) is 1.22. The smallest absolute Gasteiger partial charge is 0.229 e. The van der Waals surface area contributed by atoms with Crippen molar-refractivity contribution in [1.29, 1.82) is 0 Å². The average Bonchev–Trinajstić information content (AvgIpc) is 2.73. The first kappa shape index (κ1) is 9.51. The van der Waals surface area contributed by atoms with Crippen LogP contribution < -0.4 is 5.32 Å². The van der Waals surface area contributed by atoms with Crippen molar-refractivity contribution in [2.75, 3.05) is 12.3 Å². The summed E-state index contributed by atoms with van der Waals surface area (Å²) < 4.78 is 0. The van der Waals surface area contributed by atoms with Crippen molar-refractivity contribution in [3.05, 3.63) is 0 Å². The lowest BCUT2D eigenvalue weighted by molar-refractivity contribution is -0.121. The summed E-state index contributed by atoms with van der Waals surface area (Å²) in [6.07, 6.45) is 4.17. The fourth-order valence-corrected chi connectivity index (χ4v) is 5.01. The molecule has 4 atom stereocenters. The summed E-state index contributed by atoms with van der Waals surface area (Å²) >= 11 is 1.68. The highest BCUT2D eigenvalue weighted by atomic mass is 32.2. The molecule has 2 bridgehead atoms. The topological polar surface area (TPSA) is 41.5 Å². The Morgan fingerprint density at radius 1 is 1.31 bits per heavy atom. The van der Waals surface area contributed by atoms with Crippen molar-refractivity contribution in [2.24, 2.45) is 34.6 Å². The molecule has 4 unspecified atom stereocenters. The Bertz CT molecular complexity index is 365. The molecule has 0 spiro atoms. The highest BCUT2D eigenvalue weighted by molar-refractivity contribution is 8.14. The predicted octanol–water partition coefficient (Wildman–Crippen LogP) is 1.50. The summed E-state index contributed by atoms with van der Waals surface area (Å²) in [5, 5.41) is 3.88. The Balaban J connectivity index is 1.43. The van der Waals surface area contributed by atoms with Gasteiger partial charge >= 0.3 is 0 Å². The molecule has 16 heavy (non-hydrogen) atoms. The van der Waals surface area contributed by atoms with E-state index < -0.39 is 0 Å².